The smallest absolute Gasteiger partial charge is 0.266 e. The van der Waals surface area contributed by atoms with E-state index in [0.29, 0.717) is 11.3 Å². The number of nitrogens with zero attached hydrogens (tertiary/aromatic N) is 3. The van der Waals surface area contributed by atoms with Crippen molar-refractivity contribution >= 4 is 5.95 Å². The Bertz CT molecular complexity index is 383. The second-order valence-electron chi connectivity index (χ2n) is 5.25. The molecular formula is C11H18N4O. The van der Waals surface area contributed by atoms with Gasteiger partial charge in [-0.2, -0.15) is 4.98 Å². The lowest BCUT2D eigenvalue weighted by Gasteiger charge is -2.31. The molecule has 1 spiro atoms. The minimum Gasteiger partial charge on any atom is -0.338 e. The Kier molecular flexibility index (Phi) is 2.17. The molecule has 2 fully saturated rings. The molecule has 5 nitrogen and oxygen atoms in total. The van der Waals surface area contributed by atoms with Crippen LogP contribution >= 0.6 is 0 Å². The third kappa shape index (κ3) is 1.69. The van der Waals surface area contributed by atoms with Gasteiger partial charge >= 0.3 is 0 Å². The van der Waals surface area contributed by atoms with Crippen molar-refractivity contribution in [2.75, 3.05) is 18.0 Å². The molecule has 2 aliphatic rings. The molecule has 1 aliphatic heterocycles. The molecule has 2 heterocycles. The largest absolute Gasteiger partial charge is 0.338 e. The number of hydrogen-bond donors (Lipinski definition) is 1. The van der Waals surface area contributed by atoms with Gasteiger partial charge < -0.3 is 15.2 Å². The van der Waals surface area contributed by atoms with Crippen LogP contribution in [0.3, 0.4) is 0 Å². The minimum absolute atomic E-state index is 0.180. The van der Waals surface area contributed by atoms with Gasteiger partial charge in [0.15, 0.2) is 0 Å². The summed E-state index contributed by atoms with van der Waals surface area (Å²) in [6, 6.07) is -0.180. The Balaban J connectivity index is 1.75. The highest BCUT2D eigenvalue weighted by Crippen LogP contribution is 2.52. The molecule has 1 aliphatic carbocycles. The van der Waals surface area contributed by atoms with Crippen molar-refractivity contribution in [3.8, 4) is 0 Å². The molecule has 1 saturated carbocycles. The van der Waals surface area contributed by atoms with Crippen LogP contribution in [0.5, 0.6) is 0 Å². The van der Waals surface area contributed by atoms with Crippen LogP contribution in [0.1, 0.15) is 44.5 Å². The second-order valence-corrected chi connectivity index (χ2v) is 5.25. The van der Waals surface area contributed by atoms with E-state index in [4.69, 9.17) is 10.3 Å². The zero-order valence-corrected chi connectivity index (χ0v) is 9.65. The summed E-state index contributed by atoms with van der Waals surface area (Å²) in [5.74, 6) is 1.25. The van der Waals surface area contributed by atoms with Gasteiger partial charge in [0.2, 0.25) is 5.89 Å². The summed E-state index contributed by atoms with van der Waals surface area (Å²) in [6.07, 6.45) is 5.33. The first-order valence-corrected chi connectivity index (χ1v) is 6.03. The van der Waals surface area contributed by atoms with E-state index in [2.05, 4.69) is 15.0 Å². The molecule has 0 radical (unpaired) electrons. The molecule has 1 aromatic heterocycles. The fourth-order valence-electron chi connectivity index (χ4n) is 2.50. The highest BCUT2D eigenvalue weighted by molar-refractivity contribution is 5.31. The highest BCUT2D eigenvalue weighted by Gasteiger charge is 2.46. The zero-order valence-electron chi connectivity index (χ0n) is 9.65. The summed E-state index contributed by atoms with van der Waals surface area (Å²) in [4.78, 5) is 6.59. The lowest BCUT2D eigenvalue weighted by Crippen LogP contribution is -2.37. The Labute approximate surface area is 95.0 Å². The second kappa shape index (κ2) is 3.45. The summed E-state index contributed by atoms with van der Waals surface area (Å²) < 4.78 is 5.14. The standard InChI is InChI=1S/C11H18N4O/c1-8(12)9-13-10(14-16-9)15-6-2-3-11(7-15)4-5-11/h8H,2-7,12H2,1H3/t8-/m0/s1. The van der Waals surface area contributed by atoms with Gasteiger partial charge in [-0.3, -0.25) is 0 Å². The SMILES string of the molecule is C[C@H](N)c1nc(N2CCCC3(CC3)C2)no1. The number of hydrogen-bond acceptors (Lipinski definition) is 5. The number of piperidine rings is 1. The average Bonchev–Trinajstić information content (AvgIpc) is 2.85. The van der Waals surface area contributed by atoms with Crippen molar-refractivity contribution in [1.29, 1.82) is 0 Å². The summed E-state index contributed by atoms with van der Waals surface area (Å²) in [5.41, 5.74) is 6.28. The zero-order chi connectivity index (χ0) is 11.2. The van der Waals surface area contributed by atoms with E-state index in [-0.39, 0.29) is 6.04 Å². The van der Waals surface area contributed by atoms with Crippen molar-refractivity contribution in [3.05, 3.63) is 5.89 Å². The summed E-state index contributed by atoms with van der Waals surface area (Å²) in [6.45, 7) is 3.99. The molecule has 2 N–H and O–H groups in total. The maximum absolute atomic E-state index is 5.71. The van der Waals surface area contributed by atoms with Crippen LogP contribution in [0.4, 0.5) is 5.95 Å². The van der Waals surface area contributed by atoms with E-state index >= 15 is 0 Å². The minimum atomic E-state index is -0.180. The van der Waals surface area contributed by atoms with Crippen molar-refractivity contribution in [1.82, 2.24) is 10.1 Å². The average molecular weight is 222 g/mol. The quantitative estimate of drug-likeness (QED) is 0.820. The van der Waals surface area contributed by atoms with E-state index in [0.717, 1.165) is 19.0 Å². The molecule has 0 unspecified atom stereocenters. The van der Waals surface area contributed by atoms with E-state index < -0.39 is 0 Å². The molecule has 5 heteroatoms. The predicted molar refractivity (Wildman–Crippen MR) is 60.0 cm³/mol. The van der Waals surface area contributed by atoms with E-state index in [1.54, 1.807) is 0 Å². The molecule has 1 atom stereocenters. The summed E-state index contributed by atoms with van der Waals surface area (Å²) in [7, 11) is 0. The fourth-order valence-corrected chi connectivity index (χ4v) is 2.50. The van der Waals surface area contributed by atoms with Crippen LogP contribution in [0.15, 0.2) is 4.52 Å². The molecule has 0 aromatic carbocycles. The monoisotopic (exact) mass is 222 g/mol. The Hall–Kier alpha value is -1.10. The van der Waals surface area contributed by atoms with Crippen molar-refractivity contribution in [2.24, 2.45) is 11.1 Å². The van der Waals surface area contributed by atoms with Crippen molar-refractivity contribution in [2.45, 2.75) is 38.6 Å². The van der Waals surface area contributed by atoms with Crippen LogP contribution in [0, 0.1) is 5.41 Å². The Morgan fingerprint density at radius 3 is 2.88 bits per heavy atom. The van der Waals surface area contributed by atoms with E-state index in [1.165, 1.54) is 25.7 Å². The van der Waals surface area contributed by atoms with Crippen LogP contribution < -0.4 is 10.6 Å². The maximum Gasteiger partial charge on any atom is 0.266 e. The molecule has 88 valence electrons. The van der Waals surface area contributed by atoms with Gasteiger partial charge in [-0.25, -0.2) is 0 Å². The molecule has 1 saturated heterocycles. The first kappa shape index (κ1) is 10.1. The maximum atomic E-state index is 5.71. The van der Waals surface area contributed by atoms with Crippen LogP contribution in [0.2, 0.25) is 0 Å². The van der Waals surface area contributed by atoms with Gasteiger partial charge in [0.1, 0.15) is 0 Å². The lowest BCUT2D eigenvalue weighted by molar-refractivity contribution is 0.354. The topological polar surface area (TPSA) is 68.2 Å². The van der Waals surface area contributed by atoms with E-state index in [1.807, 2.05) is 6.92 Å². The third-order valence-electron chi connectivity index (χ3n) is 3.72. The lowest BCUT2D eigenvalue weighted by atomic mass is 9.95. The molecule has 16 heavy (non-hydrogen) atoms. The van der Waals surface area contributed by atoms with Crippen LogP contribution in [-0.2, 0) is 0 Å². The normalized spacial score (nSPS) is 24.8. The molecular weight excluding hydrogens is 204 g/mol. The molecule has 3 rings (SSSR count). The van der Waals surface area contributed by atoms with Crippen molar-refractivity contribution in [3.63, 3.8) is 0 Å². The number of anilines is 1. The van der Waals surface area contributed by atoms with Crippen molar-refractivity contribution < 1.29 is 4.52 Å². The first-order chi connectivity index (χ1) is 7.69. The molecule has 1 aromatic rings. The third-order valence-corrected chi connectivity index (χ3v) is 3.72. The number of aromatic nitrogens is 2. The highest BCUT2D eigenvalue weighted by atomic mass is 16.5. The number of rotatable bonds is 2. The Morgan fingerprint density at radius 2 is 2.25 bits per heavy atom. The van der Waals surface area contributed by atoms with Gasteiger partial charge in [-0.05, 0) is 43.2 Å². The predicted octanol–water partition coefficient (Wildman–Crippen LogP) is 1.47. The van der Waals surface area contributed by atoms with Gasteiger partial charge in [-0.15, -0.1) is 0 Å². The van der Waals surface area contributed by atoms with Gasteiger partial charge in [0.05, 0.1) is 6.04 Å². The Morgan fingerprint density at radius 1 is 1.44 bits per heavy atom. The number of nitrogens with two attached hydrogens (primary N) is 1. The molecule has 0 bridgehead atoms. The van der Waals surface area contributed by atoms with E-state index in [9.17, 15) is 0 Å². The van der Waals surface area contributed by atoms with Gasteiger partial charge in [0, 0.05) is 13.1 Å². The van der Waals surface area contributed by atoms with Crippen LogP contribution in [0.25, 0.3) is 0 Å². The summed E-state index contributed by atoms with van der Waals surface area (Å²) >= 11 is 0. The summed E-state index contributed by atoms with van der Waals surface area (Å²) in [5, 5.41) is 4.01. The van der Waals surface area contributed by atoms with Gasteiger partial charge in [0.25, 0.3) is 5.95 Å². The fraction of sp³-hybridized carbons (Fsp3) is 0.818. The molecule has 0 amide bonds. The van der Waals surface area contributed by atoms with Crippen LogP contribution in [-0.4, -0.2) is 23.2 Å². The van der Waals surface area contributed by atoms with Gasteiger partial charge in [-0.1, -0.05) is 0 Å². The first-order valence-electron chi connectivity index (χ1n) is 6.03.